The standard InChI is InChI=1S/C10H16N4/c1-4-9(5-6-11)12-10-7-14(3)13-8(10)2/h7,9,12H,4-5H2,1-3H3. The van der Waals surface area contributed by atoms with E-state index in [0.717, 1.165) is 17.8 Å². The molecule has 0 amide bonds. The minimum absolute atomic E-state index is 0.225. The zero-order chi connectivity index (χ0) is 10.6. The van der Waals surface area contributed by atoms with Gasteiger partial charge in [-0.25, -0.2) is 0 Å². The molecule has 0 radical (unpaired) electrons. The molecule has 0 saturated carbocycles. The van der Waals surface area contributed by atoms with Crippen LogP contribution < -0.4 is 5.32 Å². The maximum absolute atomic E-state index is 8.61. The van der Waals surface area contributed by atoms with Crippen molar-refractivity contribution in [3.8, 4) is 6.07 Å². The number of nitriles is 1. The van der Waals surface area contributed by atoms with Crippen LogP contribution in [0, 0.1) is 18.3 Å². The fraction of sp³-hybridized carbons (Fsp3) is 0.600. The van der Waals surface area contributed by atoms with E-state index in [4.69, 9.17) is 5.26 Å². The van der Waals surface area contributed by atoms with E-state index in [1.165, 1.54) is 0 Å². The molecule has 1 aromatic heterocycles. The van der Waals surface area contributed by atoms with Gasteiger partial charge in [-0.2, -0.15) is 10.4 Å². The summed E-state index contributed by atoms with van der Waals surface area (Å²) < 4.78 is 1.77. The Bertz CT molecular complexity index is 334. The van der Waals surface area contributed by atoms with Crippen LogP contribution in [0.4, 0.5) is 5.69 Å². The van der Waals surface area contributed by atoms with Gasteiger partial charge >= 0.3 is 0 Å². The van der Waals surface area contributed by atoms with E-state index >= 15 is 0 Å². The first kappa shape index (κ1) is 10.6. The van der Waals surface area contributed by atoms with Crippen LogP contribution >= 0.6 is 0 Å². The Balaban J connectivity index is 2.67. The number of aryl methyl sites for hydroxylation is 2. The van der Waals surface area contributed by atoms with Crippen molar-refractivity contribution in [3.05, 3.63) is 11.9 Å². The Labute approximate surface area is 84.5 Å². The largest absolute Gasteiger partial charge is 0.379 e. The molecule has 0 aromatic carbocycles. The average molecular weight is 192 g/mol. The summed E-state index contributed by atoms with van der Waals surface area (Å²) in [6.07, 6.45) is 3.42. The highest BCUT2D eigenvalue weighted by atomic mass is 15.3. The molecule has 0 aliphatic rings. The zero-order valence-corrected chi connectivity index (χ0v) is 8.91. The van der Waals surface area contributed by atoms with Crippen molar-refractivity contribution in [3.63, 3.8) is 0 Å². The number of anilines is 1. The van der Waals surface area contributed by atoms with Crippen molar-refractivity contribution in [2.75, 3.05) is 5.32 Å². The van der Waals surface area contributed by atoms with Crippen molar-refractivity contribution in [2.45, 2.75) is 32.7 Å². The van der Waals surface area contributed by atoms with Gasteiger partial charge in [0.2, 0.25) is 0 Å². The number of hydrogen-bond acceptors (Lipinski definition) is 3. The fourth-order valence-electron chi connectivity index (χ4n) is 1.37. The smallest absolute Gasteiger partial charge is 0.0825 e. The molecule has 1 N–H and O–H groups in total. The van der Waals surface area contributed by atoms with E-state index in [1.807, 2.05) is 20.2 Å². The van der Waals surface area contributed by atoms with Crippen molar-refractivity contribution in [1.29, 1.82) is 5.26 Å². The van der Waals surface area contributed by atoms with Gasteiger partial charge in [-0.1, -0.05) is 6.92 Å². The minimum atomic E-state index is 0.225. The second-order valence-corrected chi connectivity index (χ2v) is 3.41. The molecule has 4 nitrogen and oxygen atoms in total. The molecule has 1 heterocycles. The molecule has 14 heavy (non-hydrogen) atoms. The van der Waals surface area contributed by atoms with Crippen molar-refractivity contribution in [1.82, 2.24) is 9.78 Å². The lowest BCUT2D eigenvalue weighted by Crippen LogP contribution is -2.17. The van der Waals surface area contributed by atoms with Crippen LogP contribution in [0.3, 0.4) is 0 Å². The normalized spacial score (nSPS) is 12.1. The number of nitrogens with one attached hydrogen (secondary N) is 1. The molecule has 1 aromatic rings. The van der Waals surface area contributed by atoms with Gasteiger partial charge < -0.3 is 5.32 Å². The summed E-state index contributed by atoms with van der Waals surface area (Å²) in [5, 5.41) is 16.2. The van der Waals surface area contributed by atoms with Gasteiger partial charge in [-0.15, -0.1) is 0 Å². The van der Waals surface area contributed by atoms with Gasteiger partial charge in [0.15, 0.2) is 0 Å². The van der Waals surface area contributed by atoms with E-state index in [-0.39, 0.29) is 6.04 Å². The van der Waals surface area contributed by atoms with Gasteiger partial charge in [0, 0.05) is 19.3 Å². The first-order valence-corrected chi connectivity index (χ1v) is 4.81. The second-order valence-electron chi connectivity index (χ2n) is 3.41. The van der Waals surface area contributed by atoms with Crippen LogP contribution in [-0.2, 0) is 7.05 Å². The van der Waals surface area contributed by atoms with E-state index in [2.05, 4.69) is 23.4 Å². The van der Waals surface area contributed by atoms with Crippen LogP contribution in [0.15, 0.2) is 6.20 Å². The van der Waals surface area contributed by atoms with Crippen LogP contribution in [0.25, 0.3) is 0 Å². The van der Waals surface area contributed by atoms with Gasteiger partial charge in [0.05, 0.1) is 23.9 Å². The van der Waals surface area contributed by atoms with E-state index in [1.54, 1.807) is 4.68 Å². The third-order valence-corrected chi connectivity index (χ3v) is 2.20. The zero-order valence-electron chi connectivity index (χ0n) is 8.91. The molecule has 0 saturated heterocycles. The SMILES string of the molecule is CCC(CC#N)Nc1cn(C)nc1C. The third-order valence-electron chi connectivity index (χ3n) is 2.20. The minimum Gasteiger partial charge on any atom is -0.379 e. The topological polar surface area (TPSA) is 53.6 Å². The number of hydrogen-bond donors (Lipinski definition) is 1. The van der Waals surface area contributed by atoms with Gasteiger partial charge in [0.1, 0.15) is 0 Å². The monoisotopic (exact) mass is 192 g/mol. The Morgan fingerprint density at radius 2 is 2.43 bits per heavy atom. The van der Waals surface area contributed by atoms with Crippen LogP contribution in [0.1, 0.15) is 25.5 Å². The fourth-order valence-corrected chi connectivity index (χ4v) is 1.37. The van der Waals surface area contributed by atoms with Gasteiger partial charge in [0.25, 0.3) is 0 Å². The highest BCUT2D eigenvalue weighted by Crippen LogP contribution is 2.14. The van der Waals surface area contributed by atoms with E-state index in [9.17, 15) is 0 Å². The molecule has 0 aliphatic heterocycles. The number of nitrogens with zero attached hydrogens (tertiary/aromatic N) is 3. The van der Waals surface area contributed by atoms with Crippen LogP contribution in [-0.4, -0.2) is 15.8 Å². The summed E-state index contributed by atoms with van der Waals surface area (Å²) in [7, 11) is 1.89. The number of rotatable bonds is 4. The average Bonchev–Trinajstić information content (AvgIpc) is 2.44. The molecule has 4 heteroatoms. The molecular formula is C10H16N4. The van der Waals surface area contributed by atoms with Gasteiger partial charge in [-0.3, -0.25) is 4.68 Å². The summed E-state index contributed by atoms with van der Waals surface area (Å²) in [6.45, 7) is 4.03. The summed E-state index contributed by atoms with van der Waals surface area (Å²) >= 11 is 0. The molecular weight excluding hydrogens is 176 g/mol. The first-order chi connectivity index (χ1) is 6.67. The molecule has 0 fully saturated rings. The Hall–Kier alpha value is -1.50. The third kappa shape index (κ3) is 2.49. The number of aromatic nitrogens is 2. The summed E-state index contributed by atoms with van der Waals surface area (Å²) in [4.78, 5) is 0. The van der Waals surface area contributed by atoms with E-state index < -0.39 is 0 Å². The maximum Gasteiger partial charge on any atom is 0.0825 e. The Morgan fingerprint density at radius 3 is 2.86 bits per heavy atom. The maximum atomic E-state index is 8.61. The lowest BCUT2D eigenvalue weighted by molar-refractivity contribution is 0.710. The second kappa shape index (κ2) is 4.66. The van der Waals surface area contributed by atoms with Crippen molar-refractivity contribution in [2.24, 2.45) is 7.05 Å². The molecule has 1 unspecified atom stereocenters. The Kier molecular flexibility index (Phi) is 3.52. The highest BCUT2D eigenvalue weighted by Gasteiger charge is 2.08. The predicted octanol–water partition coefficient (Wildman–Crippen LogP) is 1.83. The summed E-state index contributed by atoms with van der Waals surface area (Å²) in [5.74, 6) is 0. The van der Waals surface area contributed by atoms with Crippen LogP contribution in [0.5, 0.6) is 0 Å². The molecule has 0 aliphatic carbocycles. The summed E-state index contributed by atoms with van der Waals surface area (Å²) in [5.41, 5.74) is 2.00. The molecule has 1 atom stereocenters. The molecule has 0 bridgehead atoms. The predicted molar refractivity (Wildman–Crippen MR) is 55.9 cm³/mol. The highest BCUT2D eigenvalue weighted by molar-refractivity contribution is 5.46. The van der Waals surface area contributed by atoms with Crippen molar-refractivity contribution < 1.29 is 0 Å². The lowest BCUT2D eigenvalue weighted by atomic mass is 10.1. The molecule has 1 rings (SSSR count). The first-order valence-electron chi connectivity index (χ1n) is 4.81. The van der Waals surface area contributed by atoms with Crippen molar-refractivity contribution >= 4 is 5.69 Å². The van der Waals surface area contributed by atoms with Gasteiger partial charge in [-0.05, 0) is 13.3 Å². The quantitative estimate of drug-likeness (QED) is 0.791. The molecule has 0 spiro atoms. The summed E-state index contributed by atoms with van der Waals surface area (Å²) in [6, 6.07) is 2.40. The van der Waals surface area contributed by atoms with E-state index in [0.29, 0.717) is 6.42 Å². The Morgan fingerprint density at radius 1 is 1.71 bits per heavy atom. The van der Waals surface area contributed by atoms with Crippen LogP contribution in [0.2, 0.25) is 0 Å². The lowest BCUT2D eigenvalue weighted by Gasteiger charge is -2.13. The molecule has 76 valence electrons.